The van der Waals surface area contributed by atoms with E-state index >= 15 is 0 Å². The van der Waals surface area contributed by atoms with Crippen molar-refractivity contribution < 1.29 is 4.79 Å². The lowest BCUT2D eigenvalue weighted by molar-refractivity contribution is -0.121. The molecule has 0 bridgehead atoms. The zero-order valence-electron chi connectivity index (χ0n) is 17.6. The number of piperidine rings is 2. The van der Waals surface area contributed by atoms with Crippen molar-refractivity contribution in [2.75, 3.05) is 52.9 Å². The monoisotopic (exact) mass is 379 g/mol. The van der Waals surface area contributed by atoms with Crippen LogP contribution in [0.3, 0.4) is 0 Å². The number of rotatable bonds is 9. The number of aliphatic imine (C=N–C) groups is 1. The number of nitrogens with zero attached hydrogens (tertiary/aromatic N) is 3. The Labute approximate surface area is 166 Å². The minimum atomic E-state index is 0.165. The van der Waals surface area contributed by atoms with Gasteiger partial charge in [-0.25, -0.2) is 0 Å². The van der Waals surface area contributed by atoms with Crippen LogP contribution in [-0.4, -0.2) is 74.5 Å². The Morgan fingerprint density at radius 3 is 2.44 bits per heavy atom. The fraction of sp³-hybridized carbons (Fsp3) is 0.905. The van der Waals surface area contributed by atoms with Crippen molar-refractivity contribution in [1.82, 2.24) is 20.4 Å². The molecule has 0 radical (unpaired) electrons. The topological polar surface area (TPSA) is 60.0 Å². The van der Waals surface area contributed by atoms with Gasteiger partial charge in [0.1, 0.15) is 0 Å². The van der Waals surface area contributed by atoms with E-state index in [1.54, 1.807) is 7.05 Å². The highest BCUT2D eigenvalue weighted by Crippen LogP contribution is 2.20. The lowest BCUT2D eigenvalue weighted by atomic mass is 9.93. The highest BCUT2D eigenvalue weighted by Gasteiger charge is 2.22. The van der Waals surface area contributed by atoms with Gasteiger partial charge in [-0.1, -0.05) is 12.8 Å². The molecule has 2 saturated heterocycles. The molecule has 2 heterocycles. The van der Waals surface area contributed by atoms with Crippen LogP contribution in [0, 0.1) is 5.92 Å². The number of guanidine groups is 1. The number of amides is 1. The van der Waals surface area contributed by atoms with E-state index in [0.29, 0.717) is 12.3 Å². The molecule has 0 aliphatic carbocycles. The van der Waals surface area contributed by atoms with Crippen LogP contribution in [0.15, 0.2) is 4.99 Å². The van der Waals surface area contributed by atoms with Crippen LogP contribution in [0.2, 0.25) is 0 Å². The quantitative estimate of drug-likeness (QED) is 0.367. The van der Waals surface area contributed by atoms with Gasteiger partial charge in [0.25, 0.3) is 0 Å². The number of nitrogens with one attached hydrogen (secondary N) is 2. The van der Waals surface area contributed by atoms with Gasteiger partial charge in [0.15, 0.2) is 5.96 Å². The van der Waals surface area contributed by atoms with E-state index in [1.807, 2.05) is 0 Å². The second-order valence-corrected chi connectivity index (χ2v) is 8.01. The van der Waals surface area contributed by atoms with E-state index in [-0.39, 0.29) is 5.91 Å². The molecule has 27 heavy (non-hydrogen) atoms. The average molecular weight is 380 g/mol. The van der Waals surface area contributed by atoms with Gasteiger partial charge in [0, 0.05) is 39.6 Å². The maximum absolute atomic E-state index is 11.6. The Hall–Kier alpha value is -1.30. The standard InChI is InChI=1S/C21H41N5O/c1-3-23-21(26-16-10-19(11-17-26)18-20(27)22-2)24-12-6-4-7-13-25-14-8-5-9-15-25/h19H,3-18H2,1-2H3,(H,22,27)(H,23,24). The van der Waals surface area contributed by atoms with E-state index in [2.05, 4.69) is 27.4 Å². The second kappa shape index (κ2) is 13.0. The summed E-state index contributed by atoms with van der Waals surface area (Å²) in [6.07, 6.45) is 10.8. The highest BCUT2D eigenvalue weighted by atomic mass is 16.1. The van der Waals surface area contributed by atoms with Gasteiger partial charge >= 0.3 is 0 Å². The van der Waals surface area contributed by atoms with Crippen molar-refractivity contribution in [1.29, 1.82) is 0 Å². The third-order valence-corrected chi connectivity index (χ3v) is 5.84. The van der Waals surface area contributed by atoms with E-state index < -0.39 is 0 Å². The smallest absolute Gasteiger partial charge is 0.220 e. The van der Waals surface area contributed by atoms with Gasteiger partial charge in [-0.15, -0.1) is 0 Å². The Morgan fingerprint density at radius 2 is 1.78 bits per heavy atom. The number of likely N-dealkylation sites (tertiary alicyclic amines) is 2. The van der Waals surface area contributed by atoms with Crippen molar-refractivity contribution in [2.24, 2.45) is 10.9 Å². The Morgan fingerprint density at radius 1 is 1.04 bits per heavy atom. The van der Waals surface area contributed by atoms with Crippen LogP contribution in [0.4, 0.5) is 0 Å². The van der Waals surface area contributed by atoms with Gasteiger partial charge in [0.2, 0.25) is 5.91 Å². The molecule has 1 amide bonds. The van der Waals surface area contributed by atoms with Gasteiger partial charge in [-0.2, -0.15) is 0 Å². The number of carbonyl (C=O) groups is 1. The molecule has 0 aromatic carbocycles. The van der Waals surface area contributed by atoms with Crippen molar-refractivity contribution in [3.8, 4) is 0 Å². The molecule has 0 unspecified atom stereocenters. The summed E-state index contributed by atoms with van der Waals surface area (Å²) in [5, 5.41) is 6.19. The molecule has 0 aromatic rings. The fourth-order valence-corrected chi connectivity index (χ4v) is 4.13. The number of unbranched alkanes of at least 4 members (excludes halogenated alkanes) is 2. The summed E-state index contributed by atoms with van der Waals surface area (Å²) in [5.41, 5.74) is 0. The third-order valence-electron chi connectivity index (χ3n) is 5.84. The first-order chi connectivity index (χ1) is 13.2. The zero-order valence-corrected chi connectivity index (χ0v) is 17.6. The summed E-state index contributed by atoms with van der Waals surface area (Å²) in [6.45, 7) is 9.84. The minimum Gasteiger partial charge on any atom is -0.359 e. The maximum atomic E-state index is 11.6. The molecule has 2 rings (SSSR count). The molecule has 0 spiro atoms. The highest BCUT2D eigenvalue weighted by molar-refractivity contribution is 5.80. The third kappa shape index (κ3) is 8.50. The lowest BCUT2D eigenvalue weighted by Gasteiger charge is -2.34. The maximum Gasteiger partial charge on any atom is 0.220 e. The van der Waals surface area contributed by atoms with E-state index in [4.69, 9.17) is 4.99 Å². The van der Waals surface area contributed by atoms with Crippen LogP contribution in [0.1, 0.15) is 64.7 Å². The number of hydrogen-bond acceptors (Lipinski definition) is 3. The van der Waals surface area contributed by atoms with E-state index in [1.165, 1.54) is 58.2 Å². The molecule has 2 fully saturated rings. The number of carbonyl (C=O) groups excluding carboxylic acids is 1. The minimum absolute atomic E-state index is 0.165. The molecule has 0 saturated carbocycles. The van der Waals surface area contributed by atoms with Crippen LogP contribution < -0.4 is 10.6 Å². The van der Waals surface area contributed by atoms with Crippen LogP contribution >= 0.6 is 0 Å². The summed E-state index contributed by atoms with van der Waals surface area (Å²) in [4.78, 5) is 21.4. The molecule has 2 aliphatic heterocycles. The first kappa shape index (κ1) is 22.0. The summed E-state index contributed by atoms with van der Waals surface area (Å²) < 4.78 is 0. The molecular weight excluding hydrogens is 338 g/mol. The molecule has 6 heteroatoms. The Bertz CT molecular complexity index is 440. The van der Waals surface area contributed by atoms with E-state index in [0.717, 1.165) is 45.0 Å². The zero-order chi connectivity index (χ0) is 19.3. The SMILES string of the molecule is CCNC(=NCCCCCN1CCCCC1)N1CCC(CC(=O)NC)CC1. The predicted octanol–water partition coefficient (Wildman–Crippen LogP) is 2.46. The van der Waals surface area contributed by atoms with Crippen molar-refractivity contribution in [3.63, 3.8) is 0 Å². The predicted molar refractivity (Wildman–Crippen MR) is 113 cm³/mol. The largest absolute Gasteiger partial charge is 0.359 e. The van der Waals surface area contributed by atoms with Crippen LogP contribution in [0.5, 0.6) is 0 Å². The van der Waals surface area contributed by atoms with Gasteiger partial charge < -0.3 is 20.4 Å². The van der Waals surface area contributed by atoms with Gasteiger partial charge in [0.05, 0.1) is 0 Å². The Balaban J connectivity index is 1.64. The fourth-order valence-electron chi connectivity index (χ4n) is 4.13. The normalized spacial score (nSPS) is 19.9. The van der Waals surface area contributed by atoms with E-state index in [9.17, 15) is 4.79 Å². The van der Waals surface area contributed by atoms with Gasteiger partial charge in [-0.3, -0.25) is 9.79 Å². The van der Waals surface area contributed by atoms with Crippen molar-refractivity contribution in [3.05, 3.63) is 0 Å². The molecule has 2 N–H and O–H groups in total. The summed E-state index contributed by atoms with van der Waals surface area (Å²) in [5.74, 6) is 1.74. The first-order valence-corrected chi connectivity index (χ1v) is 11.2. The van der Waals surface area contributed by atoms with Gasteiger partial charge in [-0.05, 0) is 71.0 Å². The summed E-state index contributed by atoms with van der Waals surface area (Å²) >= 11 is 0. The van der Waals surface area contributed by atoms with Crippen molar-refractivity contribution in [2.45, 2.75) is 64.7 Å². The molecular formula is C21H41N5O. The van der Waals surface area contributed by atoms with Crippen molar-refractivity contribution >= 4 is 11.9 Å². The second-order valence-electron chi connectivity index (χ2n) is 8.01. The molecule has 2 aliphatic rings. The first-order valence-electron chi connectivity index (χ1n) is 11.2. The lowest BCUT2D eigenvalue weighted by Crippen LogP contribution is -2.46. The molecule has 0 atom stereocenters. The number of hydrogen-bond donors (Lipinski definition) is 2. The molecule has 156 valence electrons. The summed E-state index contributed by atoms with van der Waals surface area (Å²) in [6, 6.07) is 0. The van der Waals surface area contributed by atoms with Crippen LogP contribution in [0.25, 0.3) is 0 Å². The van der Waals surface area contributed by atoms with Crippen LogP contribution in [-0.2, 0) is 4.79 Å². The molecule has 6 nitrogen and oxygen atoms in total. The summed E-state index contributed by atoms with van der Waals surface area (Å²) in [7, 11) is 1.72. The average Bonchev–Trinajstić information content (AvgIpc) is 2.71. The Kier molecular flexibility index (Phi) is 10.6. The molecule has 0 aromatic heterocycles.